The number of halogens is 1. The van der Waals surface area contributed by atoms with Crippen molar-refractivity contribution in [2.75, 3.05) is 18.4 Å². The van der Waals surface area contributed by atoms with E-state index in [0.29, 0.717) is 24.9 Å². The second-order valence-corrected chi connectivity index (χ2v) is 3.98. The first-order valence-corrected chi connectivity index (χ1v) is 5.80. The molecular formula is C12H13FN4O2. The first kappa shape index (κ1) is 13.2. The molecule has 0 amide bonds. The average molecular weight is 264 g/mol. The third-order valence-electron chi connectivity index (χ3n) is 2.70. The van der Waals surface area contributed by atoms with Crippen molar-refractivity contribution in [2.24, 2.45) is 5.73 Å². The van der Waals surface area contributed by atoms with Crippen LogP contribution in [0.25, 0.3) is 10.9 Å². The Labute approximate surface area is 108 Å². The van der Waals surface area contributed by atoms with Crippen LogP contribution in [0.15, 0.2) is 24.4 Å². The molecule has 19 heavy (non-hydrogen) atoms. The minimum absolute atomic E-state index is 0.176. The highest BCUT2D eigenvalue weighted by Crippen LogP contribution is 2.32. The van der Waals surface area contributed by atoms with E-state index >= 15 is 0 Å². The third kappa shape index (κ3) is 2.60. The summed E-state index contributed by atoms with van der Waals surface area (Å²) in [5, 5.41) is 14.1. The highest BCUT2D eigenvalue weighted by atomic mass is 19.1. The Morgan fingerprint density at radius 3 is 3.00 bits per heavy atom. The van der Waals surface area contributed by atoms with Crippen molar-refractivity contribution in [1.29, 1.82) is 0 Å². The number of hydrogen-bond donors (Lipinski definition) is 2. The molecule has 1 aromatic heterocycles. The van der Waals surface area contributed by atoms with Crippen LogP contribution in [-0.4, -0.2) is 23.0 Å². The largest absolute Gasteiger partial charge is 0.381 e. The van der Waals surface area contributed by atoms with E-state index in [2.05, 4.69) is 10.3 Å². The molecular weight excluding hydrogens is 251 g/mol. The van der Waals surface area contributed by atoms with Gasteiger partial charge in [0.15, 0.2) is 5.82 Å². The molecule has 7 heteroatoms. The minimum Gasteiger partial charge on any atom is -0.381 e. The fraction of sp³-hybridized carbons (Fsp3) is 0.250. The number of nitrogens with zero attached hydrogens (tertiary/aromatic N) is 2. The summed E-state index contributed by atoms with van der Waals surface area (Å²) >= 11 is 0. The fourth-order valence-corrected chi connectivity index (χ4v) is 1.83. The highest BCUT2D eigenvalue weighted by Gasteiger charge is 2.19. The molecule has 0 fully saturated rings. The normalized spacial score (nSPS) is 10.6. The number of nitro groups is 1. The number of benzene rings is 1. The molecule has 0 bridgehead atoms. The van der Waals surface area contributed by atoms with Crippen molar-refractivity contribution in [3.63, 3.8) is 0 Å². The fourth-order valence-electron chi connectivity index (χ4n) is 1.83. The zero-order chi connectivity index (χ0) is 13.8. The van der Waals surface area contributed by atoms with Gasteiger partial charge in [0.2, 0.25) is 0 Å². The standard InChI is InChI=1S/C12H13FN4O2/c13-9-7-10(17(18)19)8-3-1-5-15-11(8)12(9)16-6-2-4-14/h1,3,5,7,16H,2,4,6,14H2. The van der Waals surface area contributed by atoms with Gasteiger partial charge in [0, 0.05) is 12.7 Å². The molecule has 2 rings (SSSR count). The van der Waals surface area contributed by atoms with Crippen molar-refractivity contribution in [1.82, 2.24) is 4.98 Å². The maximum atomic E-state index is 13.9. The van der Waals surface area contributed by atoms with E-state index in [9.17, 15) is 14.5 Å². The van der Waals surface area contributed by atoms with Gasteiger partial charge in [-0.1, -0.05) is 0 Å². The molecule has 0 aliphatic rings. The Morgan fingerprint density at radius 2 is 2.32 bits per heavy atom. The Hall–Kier alpha value is -2.28. The quantitative estimate of drug-likeness (QED) is 0.489. The van der Waals surface area contributed by atoms with E-state index in [1.165, 1.54) is 6.20 Å². The number of nitro benzene ring substituents is 1. The lowest BCUT2D eigenvalue weighted by Crippen LogP contribution is -2.10. The molecule has 2 aromatic rings. The van der Waals surface area contributed by atoms with Crippen molar-refractivity contribution in [3.8, 4) is 0 Å². The van der Waals surface area contributed by atoms with Gasteiger partial charge in [-0.05, 0) is 25.1 Å². The predicted molar refractivity (Wildman–Crippen MR) is 70.5 cm³/mol. The second kappa shape index (κ2) is 5.57. The molecule has 3 N–H and O–H groups in total. The van der Waals surface area contributed by atoms with Gasteiger partial charge in [-0.15, -0.1) is 0 Å². The number of aromatic nitrogens is 1. The van der Waals surface area contributed by atoms with Gasteiger partial charge in [0.05, 0.1) is 22.1 Å². The van der Waals surface area contributed by atoms with Gasteiger partial charge in [0.1, 0.15) is 5.52 Å². The van der Waals surface area contributed by atoms with Gasteiger partial charge in [-0.25, -0.2) is 4.39 Å². The molecule has 0 aliphatic carbocycles. The molecule has 0 aliphatic heterocycles. The van der Waals surface area contributed by atoms with E-state index in [1.807, 2.05) is 0 Å². The van der Waals surface area contributed by atoms with E-state index in [1.54, 1.807) is 12.1 Å². The Kier molecular flexibility index (Phi) is 3.86. The number of rotatable bonds is 5. The predicted octanol–water partition coefficient (Wildman–Crippen LogP) is 2.04. The molecule has 0 saturated heterocycles. The summed E-state index contributed by atoms with van der Waals surface area (Å²) < 4.78 is 13.9. The maximum absolute atomic E-state index is 13.9. The van der Waals surface area contributed by atoms with Crippen LogP contribution in [0.5, 0.6) is 0 Å². The number of fused-ring (bicyclic) bond motifs is 1. The van der Waals surface area contributed by atoms with Gasteiger partial charge >= 0.3 is 0 Å². The molecule has 0 spiro atoms. The summed E-state index contributed by atoms with van der Waals surface area (Å²) in [6, 6.07) is 4.04. The summed E-state index contributed by atoms with van der Waals surface area (Å²) in [6.45, 7) is 0.962. The van der Waals surface area contributed by atoms with Crippen molar-refractivity contribution >= 4 is 22.3 Å². The van der Waals surface area contributed by atoms with Gasteiger partial charge < -0.3 is 11.1 Å². The average Bonchev–Trinajstić information content (AvgIpc) is 2.40. The van der Waals surface area contributed by atoms with Gasteiger partial charge in [-0.2, -0.15) is 0 Å². The lowest BCUT2D eigenvalue weighted by atomic mass is 10.1. The van der Waals surface area contributed by atoms with E-state index in [4.69, 9.17) is 5.73 Å². The van der Waals surface area contributed by atoms with Crippen LogP contribution in [0, 0.1) is 15.9 Å². The van der Waals surface area contributed by atoms with Crippen LogP contribution in [-0.2, 0) is 0 Å². The van der Waals surface area contributed by atoms with E-state index in [0.717, 1.165) is 6.07 Å². The number of anilines is 1. The molecule has 6 nitrogen and oxygen atoms in total. The smallest absolute Gasteiger partial charge is 0.281 e. The number of hydrogen-bond acceptors (Lipinski definition) is 5. The van der Waals surface area contributed by atoms with Crippen molar-refractivity contribution < 1.29 is 9.31 Å². The Morgan fingerprint density at radius 1 is 1.53 bits per heavy atom. The van der Waals surface area contributed by atoms with Crippen molar-refractivity contribution in [3.05, 3.63) is 40.3 Å². The maximum Gasteiger partial charge on any atom is 0.281 e. The van der Waals surface area contributed by atoms with Crippen LogP contribution in [0.2, 0.25) is 0 Å². The lowest BCUT2D eigenvalue weighted by Gasteiger charge is -2.10. The number of non-ortho nitro benzene ring substituents is 1. The third-order valence-corrected chi connectivity index (χ3v) is 2.70. The van der Waals surface area contributed by atoms with Crippen LogP contribution >= 0.6 is 0 Å². The van der Waals surface area contributed by atoms with Crippen molar-refractivity contribution in [2.45, 2.75) is 6.42 Å². The minimum atomic E-state index is -0.685. The van der Waals surface area contributed by atoms with Gasteiger partial charge in [0.25, 0.3) is 5.69 Å². The Balaban J connectivity index is 2.55. The molecule has 0 saturated carbocycles. The molecule has 0 unspecified atom stereocenters. The Bertz CT molecular complexity index is 618. The molecule has 1 aromatic carbocycles. The summed E-state index contributed by atoms with van der Waals surface area (Å²) in [6.07, 6.45) is 2.14. The van der Waals surface area contributed by atoms with Crippen LogP contribution < -0.4 is 11.1 Å². The number of nitrogens with two attached hydrogens (primary N) is 1. The highest BCUT2D eigenvalue weighted by molar-refractivity contribution is 5.97. The van der Waals surface area contributed by atoms with E-state index < -0.39 is 10.7 Å². The first-order chi connectivity index (χ1) is 9.15. The van der Waals surface area contributed by atoms with Crippen LogP contribution in [0.1, 0.15) is 6.42 Å². The zero-order valence-electron chi connectivity index (χ0n) is 10.1. The first-order valence-electron chi connectivity index (χ1n) is 5.80. The number of nitrogens with one attached hydrogen (secondary N) is 1. The topological polar surface area (TPSA) is 94.1 Å². The lowest BCUT2D eigenvalue weighted by molar-refractivity contribution is -0.383. The monoisotopic (exact) mass is 264 g/mol. The molecule has 100 valence electrons. The van der Waals surface area contributed by atoms with Gasteiger partial charge in [-0.3, -0.25) is 15.1 Å². The zero-order valence-corrected chi connectivity index (χ0v) is 10.1. The molecule has 1 heterocycles. The molecule has 0 radical (unpaired) electrons. The van der Waals surface area contributed by atoms with Crippen LogP contribution in [0.4, 0.5) is 15.8 Å². The summed E-state index contributed by atoms with van der Waals surface area (Å²) in [5.74, 6) is -0.685. The second-order valence-electron chi connectivity index (χ2n) is 3.98. The summed E-state index contributed by atoms with van der Waals surface area (Å²) in [4.78, 5) is 14.3. The van der Waals surface area contributed by atoms with Crippen LogP contribution in [0.3, 0.4) is 0 Å². The summed E-state index contributed by atoms with van der Waals surface area (Å²) in [7, 11) is 0. The summed E-state index contributed by atoms with van der Waals surface area (Å²) in [5.41, 5.74) is 5.51. The van der Waals surface area contributed by atoms with E-state index in [-0.39, 0.29) is 16.9 Å². The SMILES string of the molecule is NCCCNc1c(F)cc([N+](=O)[O-])c2cccnc12. The molecule has 0 atom stereocenters. The number of pyridine rings is 1.